The van der Waals surface area contributed by atoms with Crippen LogP contribution in [-0.4, -0.2) is 99.5 Å². The van der Waals surface area contributed by atoms with Gasteiger partial charge in [-0.05, 0) is 30.3 Å². The van der Waals surface area contributed by atoms with E-state index in [1.54, 1.807) is 0 Å². The third-order valence-electron chi connectivity index (χ3n) is 6.91. The minimum Gasteiger partial charge on any atom is -0.504 e. The van der Waals surface area contributed by atoms with E-state index in [1.165, 1.54) is 6.07 Å². The van der Waals surface area contributed by atoms with E-state index >= 15 is 0 Å². The second kappa shape index (κ2) is 11.5. The lowest BCUT2D eigenvalue weighted by atomic mass is 9.99. The summed E-state index contributed by atoms with van der Waals surface area (Å²) < 4.78 is 21.4. The molecule has 5 rings (SSSR count). The van der Waals surface area contributed by atoms with Crippen LogP contribution in [0, 0.1) is 0 Å². The fraction of sp³-hybridized carbons (Fsp3) is 0.214. The summed E-state index contributed by atoms with van der Waals surface area (Å²) >= 11 is 0. The zero-order valence-electron chi connectivity index (χ0n) is 22.4. The van der Waals surface area contributed by atoms with E-state index < -0.39 is 123 Å². The largest absolute Gasteiger partial charge is 0.504 e. The molecule has 3 aromatic carbocycles. The van der Waals surface area contributed by atoms with E-state index in [2.05, 4.69) is 0 Å². The Morgan fingerprint density at radius 2 is 1.40 bits per heavy atom. The van der Waals surface area contributed by atoms with Crippen molar-refractivity contribution < 1.29 is 79.6 Å². The summed E-state index contributed by atoms with van der Waals surface area (Å²) in [6.07, 6.45) is -9.35. The van der Waals surface area contributed by atoms with Crippen molar-refractivity contribution in [1.29, 1.82) is 0 Å². The van der Waals surface area contributed by atoms with Crippen molar-refractivity contribution in [3.63, 3.8) is 0 Å². The van der Waals surface area contributed by atoms with Gasteiger partial charge in [0.15, 0.2) is 46.0 Å². The van der Waals surface area contributed by atoms with Crippen LogP contribution in [0.5, 0.6) is 51.7 Å². The predicted molar refractivity (Wildman–Crippen MR) is 145 cm³/mol. The molecule has 0 radical (unpaired) electrons. The first-order valence-electron chi connectivity index (χ1n) is 12.7. The highest BCUT2D eigenvalue weighted by Crippen LogP contribution is 2.44. The molecule has 11 N–H and O–H groups in total. The molecule has 0 unspecified atom stereocenters. The number of phenols is 7. The second-order valence-corrected chi connectivity index (χ2v) is 9.85. The van der Waals surface area contributed by atoms with Crippen LogP contribution in [-0.2, 0) is 9.47 Å². The molecule has 5 atom stereocenters. The summed E-state index contributed by atoms with van der Waals surface area (Å²) in [5.74, 6) is -9.27. The molecule has 1 aromatic heterocycles. The van der Waals surface area contributed by atoms with E-state index in [1.807, 2.05) is 0 Å². The topological polar surface area (TPSA) is 298 Å². The number of aliphatic hydroxyl groups excluding tert-OH is 3. The van der Waals surface area contributed by atoms with Crippen LogP contribution in [0.25, 0.3) is 22.3 Å². The van der Waals surface area contributed by atoms with E-state index in [0.717, 1.165) is 30.3 Å². The van der Waals surface area contributed by atoms with Crippen LogP contribution in [0.2, 0.25) is 0 Å². The molecule has 0 bridgehead atoms. The van der Waals surface area contributed by atoms with Gasteiger partial charge < -0.3 is 74.8 Å². The summed E-state index contributed by atoms with van der Waals surface area (Å²) in [6, 6.07) is 5.63. The molecule has 17 nitrogen and oxygen atoms in total. The van der Waals surface area contributed by atoms with Crippen LogP contribution in [0.15, 0.2) is 45.6 Å². The van der Waals surface area contributed by atoms with Gasteiger partial charge in [-0.1, -0.05) is 0 Å². The van der Waals surface area contributed by atoms with Gasteiger partial charge in [-0.15, -0.1) is 0 Å². The molecule has 0 spiro atoms. The lowest BCUT2D eigenvalue weighted by molar-refractivity contribution is -0.277. The van der Waals surface area contributed by atoms with Crippen molar-refractivity contribution in [2.24, 2.45) is 0 Å². The molecule has 0 saturated carbocycles. The summed E-state index contributed by atoms with van der Waals surface area (Å²) in [7, 11) is 0. The maximum atomic E-state index is 12.9. The van der Waals surface area contributed by atoms with Gasteiger partial charge in [-0.3, -0.25) is 4.79 Å². The summed E-state index contributed by atoms with van der Waals surface area (Å²) in [4.78, 5) is 25.3. The van der Waals surface area contributed by atoms with Crippen molar-refractivity contribution in [1.82, 2.24) is 0 Å². The lowest BCUT2D eigenvalue weighted by Crippen LogP contribution is -2.60. The summed E-state index contributed by atoms with van der Waals surface area (Å²) in [6.45, 7) is -0.794. The summed E-state index contributed by atoms with van der Waals surface area (Å²) in [5.41, 5.74) is -2.17. The molecule has 1 saturated heterocycles. The Hall–Kier alpha value is -5.62. The van der Waals surface area contributed by atoms with Crippen LogP contribution in [0.3, 0.4) is 0 Å². The third-order valence-corrected chi connectivity index (χ3v) is 6.91. The van der Waals surface area contributed by atoms with Crippen molar-refractivity contribution >= 4 is 16.9 Å². The van der Waals surface area contributed by atoms with Crippen LogP contribution in [0.4, 0.5) is 0 Å². The second-order valence-electron chi connectivity index (χ2n) is 9.85. The molecule has 0 amide bonds. The number of hydrogen-bond donors (Lipinski definition) is 11. The highest BCUT2D eigenvalue weighted by molar-refractivity contribution is 5.92. The number of benzene rings is 3. The molecular formula is C28H24O17. The minimum absolute atomic E-state index is 0.0740. The number of phenolic OH excluding ortho intramolecular Hbond substituents is 7. The molecule has 17 heteroatoms. The fourth-order valence-corrected chi connectivity index (χ4v) is 4.48. The van der Waals surface area contributed by atoms with Gasteiger partial charge in [-0.2, -0.15) is 0 Å². The highest BCUT2D eigenvalue weighted by atomic mass is 16.7. The molecule has 2 heterocycles. The minimum atomic E-state index is -2.00. The molecule has 1 fully saturated rings. The van der Waals surface area contributed by atoms with Crippen LogP contribution in [0.1, 0.15) is 10.4 Å². The van der Waals surface area contributed by atoms with Gasteiger partial charge in [0.1, 0.15) is 42.0 Å². The molecule has 238 valence electrons. The van der Waals surface area contributed by atoms with Gasteiger partial charge >= 0.3 is 5.97 Å². The summed E-state index contributed by atoms with van der Waals surface area (Å²) in [5, 5.41) is 110. The Kier molecular flexibility index (Phi) is 7.86. The van der Waals surface area contributed by atoms with E-state index in [0.29, 0.717) is 0 Å². The zero-order valence-corrected chi connectivity index (χ0v) is 22.4. The Morgan fingerprint density at radius 3 is 2.04 bits per heavy atom. The number of esters is 1. The number of aromatic hydroxyl groups is 8. The number of rotatable bonds is 6. The smallest absolute Gasteiger partial charge is 0.338 e. The molecule has 1 aliphatic rings. The average Bonchev–Trinajstić information content (AvgIpc) is 3.00. The third kappa shape index (κ3) is 5.47. The van der Waals surface area contributed by atoms with E-state index in [9.17, 15) is 65.8 Å². The predicted octanol–water partition coefficient (Wildman–Crippen LogP) is 0.148. The van der Waals surface area contributed by atoms with Gasteiger partial charge in [0.2, 0.25) is 23.2 Å². The van der Waals surface area contributed by atoms with Crippen molar-refractivity contribution in [3.8, 4) is 63.1 Å². The van der Waals surface area contributed by atoms with E-state index in [4.69, 9.17) is 18.6 Å². The van der Waals surface area contributed by atoms with E-state index in [-0.39, 0.29) is 5.56 Å². The van der Waals surface area contributed by atoms with Crippen molar-refractivity contribution in [2.45, 2.75) is 30.7 Å². The number of fused-ring (bicyclic) bond motifs is 1. The van der Waals surface area contributed by atoms with Crippen LogP contribution < -0.4 is 10.2 Å². The lowest BCUT2D eigenvalue weighted by Gasteiger charge is -2.39. The number of aliphatic hydroxyl groups is 3. The van der Waals surface area contributed by atoms with Gasteiger partial charge in [0, 0.05) is 11.6 Å². The quantitative estimate of drug-likeness (QED) is 0.0995. The van der Waals surface area contributed by atoms with Crippen LogP contribution >= 0.6 is 0 Å². The number of carbonyl (C=O) groups excluding carboxylic acids is 1. The molecule has 45 heavy (non-hydrogen) atoms. The number of hydrogen-bond acceptors (Lipinski definition) is 17. The normalized spacial score (nSPS) is 21.4. The molecular weight excluding hydrogens is 608 g/mol. The number of ether oxygens (including phenoxy) is 3. The standard InChI is InChI=1S/C28H24O17/c29-10-2-1-8(3-11(10)30)26-24(39)22(37)17-14(43-26)6-15(19(34)21(17)36)44-28-25(40)23(38)20(35)16(45-28)7-42-27(41)9-4-12(31)18(33)13(32)5-9/h1-6,16,20,23,25,28-36,38-40H,7H2/t16-,20-,23+,25-,28+/m1/s1. The molecule has 4 aromatic rings. The monoisotopic (exact) mass is 632 g/mol. The zero-order chi connectivity index (χ0) is 32.9. The molecule has 1 aliphatic heterocycles. The van der Waals surface area contributed by atoms with Gasteiger partial charge in [0.05, 0.1) is 5.56 Å². The number of carbonyl (C=O) groups is 1. The first kappa shape index (κ1) is 30.8. The SMILES string of the molecule is O=C(OC[C@H]1O[C@H](Oc2cc3oc(-c4ccc(O)c(O)c4)c(O)c(=O)c3c(O)c2O)[C@H](O)[C@@H](O)[C@@H]1O)c1cc(O)c(O)c(O)c1. The average molecular weight is 632 g/mol. The Bertz CT molecular complexity index is 1840. The Labute approximate surface area is 249 Å². The first-order valence-corrected chi connectivity index (χ1v) is 12.7. The van der Waals surface area contributed by atoms with Crippen molar-refractivity contribution in [3.05, 3.63) is 52.2 Å². The maximum Gasteiger partial charge on any atom is 0.338 e. The maximum absolute atomic E-state index is 12.9. The highest BCUT2D eigenvalue weighted by Gasteiger charge is 2.46. The Morgan fingerprint density at radius 1 is 0.733 bits per heavy atom. The molecule has 0 aliphatic carbocycles. The fourth-order valence-electron chi connectivity index (χ4n) is 4.48. The van der Waals surface area contributed by atoms with Gasteiger partial charge in [0.25, 0.3) is 0 Å². The van der Waals surface area contributed by atoms with Gasteiger partial charge in [-0.25, -0.2) is 4.79 Å². The van der Waals surface area contributed by atoms with Crippen molar-refractivity contribution in [2.75, 3.05) is 6.61 Å². The first-order chi connectivity index (χ1) is 21.2. The Balaban J connectivity index is 1.43.